The minimum absolute atomic E-state index is 0.0992. The Morgan fingerprint density at radius 1 is 0.818 bits per heavy atom. The van der Waals surface area contributed by atoms with Crippen LogP contribution in [-0.4, -0.2) is 0 Å². The maximum absolute atomic E-state index is 2.35. The van der Waals surface area contributed by atoms with Gasteiger partial charge < -0.3 is 0 Å². The van der Waals surface area contributed by atoms with Crippen molar-refractivity contribution in [2.24, 2.45) is 0 Å². The predicted molar refractivity (Wildman–Crippen MR) is 97.1 cm³/mol. The molecule has 0 nitrogen and oxygen atoms in total. The van der Waals surface area contributed by atoms with Gasteiger partial charge in [-0.3, -0.25) is 0 Å². The highest BCUT2D eigenvalue weighted by Gasteiger charge is 2.34. The summed E-state index contributed by atoms with van der Waals surface area (Å²) < 4.78 is 0. The van der Waals surface area contributed by atoms with Gasteiger partial charge in [-0.2, -0.15) is 0 Å². The van der Waals surface area contributed by atoms with E-state index >= 15 is 0 Å². The first-order chi connectivity index (χ1) is 10.4. The zero-order valence-electron chi connectivity index (χ0n) is 14.2. The Hall–Kier alpha value is -2.08. The molecule has 0 fully saturated rings. The molecule has 0 radical (unpaired) electrons. The van der Waals surface area contributed by atoms with E-state index in [1.165, 1.54) is 39.0 Å². The second kappa shape index (κ2) is 5.28. The maximum Gasteiger partial charge on any atom is 0.0158 e. The van der Waals surface area contributed by atoms with Crippen LogP contribution in [0.2, 0.25) is 0 Å². The standard InChI is InChI=1S/C22H24/c1-15(2)10-11-16(3)17-12-13-21-19(14-17)18-8-6-7-9-20(18)22(21,4)5/h6-14H,1-5H3/b16-11+. The molecule has 0 aromatic heterocycles. The molecular weight excluding hydrogens is 264 g/mol. The second-order valence-corrected chi connectivity index (χ2v) is 7.02. The molecule has 22 heavy (non-hydrogen) atoms. The van der Waals surface area contributed by atoms with E-state index in [1.54, 1.807) is 0 Å². The smallest absolute Gasteiger partial charge is 0.0158 e. The molecule has 0 N–H and O–H groups in total. The summed E-state index contributed by atoms with van der Waals surface area (Å²) in [6.45, 7) is 11.1. The minimum atomic E-state index is 0.0992. The first-order valence-corrected chi connectivity index (χ1v) is 7.98. The van der Waals surface area contributed by atoms with Gasteiger partial charge in [0.05, 0.1) is 0 Å². The molecular formula is C22H24. The summed E-state index contributed by atoms with van der Waals surface area (Å²) in [6.07, 6.45) is 4.39. The molecule has 0 heterocycles. The van der Waals surface area contributed by atoms with Crippen molar-refractivity contribution in [3.05, 3.63) is 76.9 Å². The van der Waals surface area contributed by atoms with Crippen molar-refractivity contribution in [3.63, 3.8) is 0 Å². The van der Waals surface area contributed by atoms with Crippen LogP contribution in [0.15, 0.2) is 60.2 Å². The molecule has 1 aliphatic rings. The molecule has 2 aromatic carbocycles. The normalized spacial score (nSPS) is 15.2. The van der Waals surface area contributed by atoms with Crippen LogP contribution in [0.5, 0.6) is 0 Å². The Balaban J connectivity index is 2.14. The van der Waals surface area contributed by atoms with Crippen LogP contribution in [0.1, 0.15) is 51.3 Å². The van der Waals surface area contributed by atoms with E-state index in [0.717, 1.165) is 0 Å². The number of rotatable bonds is 2. The molecule has 0 heteroatoms. The quantitative estimate of drug-likeness (QED) is 0.564. The zero-order valence-corrected chi connectivity index (χ0v) is 14.2. The number of hydrogen-bond donors (Lipinski definition) is 0. The van der Waals surface area contributed by atoms with Crippen LogP contribution in [-0.2, 0) is 5.41 Å². The fraction of sp³-hybridized carbons (Fsp3) is 0.273. The average molecular weight is 288 g/mol. The van der Waals surface area contributed by atoms with Gasteiger partial charge in [0.1, 0.15) is 0 Å². The van der Waals surface area contributed by atoms with Crippen molar-refractivity contribution >= 4 is 5.57 Å². The van der Waals surface area contributed by atoms with Crippen LogP contribution in [0.3, 0.4) is 0 Å². The molecule has 0 saturated heterocycles. The molecule has 0 bridgehead atoms. The van der Waals surface area contributed by atoms with Gasteiger partial charge in [0, 0.05) is 5.41 Å². The van der Waals surface area contributed by atoms with Crippen molar-refractivity contribution in [1.82, 2.24) is 0 Å². The molecule has 112 valence electrons. The van der Waals surface area contributed by atoms with Crippen molar-refractivity contribution < 1.29 is 0 Å². The van der Waals surface area contributed by atoms with Gasteiger partial charge in [-0.1, -0.05) is 68.0 Å². The zero-order chi connectivity index (χ0) is 15.9. The third-order valence-electron chi connectivity index (χ3n) is 4.71. The fourth-order valence-corrected chi connectivity index (χ4v) is 3.35. The molecule has 0 unspecified atom stereocenters. The number of benzene rings is 2. The molecule has 2 aromatic rings. The van der Waals surface area contributed by atoms with E-state index in [9.17, 15) is 0 Å². The van der Waals surface area contributed by atoms with E-state index in [2.05, 4.69) is 89.2 Å². The van der Waals surface area contributed by atoms with Crippen LogP contribution in [0.4, 0.5) is 0 Å². The Morgan fingerprint density at radius 2 is 1.50 bits per heavy atom. The fourth-order valence-electron chi connectivity index (χ4n) is 3.35. The molecule has 0 spiro atoms. The summed E-state index contributed by atoms with van der Waals surface area (Å²) in [5.41, 5.74) is 9.70. The number of hydrogen-bond acceptors (Lipinski definition) is 0. The van der Waals surface area contributed by atoms with Crippen LogP contribution >= 0.6 is 0 Å². The third-order valence-corrected chi connectivity index (χ3v) is 4.71. The van der Waals surface area contributed by atoms with Crippen molar-refractivity contribution in [1.29, 1.82) is 0 Å². The summed E-state index contributed by atoms with van der Waals surface area (Å²) in [5.74, 6) is 0. The van der Waals surface area contributed by atoms with Gasteiger partial charge in [0.25, 0.3) is 0 Å². The highest BCUT2D eigenvalue weighted by Crippen LogP contribution is 2.48. The first kappa shape index (κ1) is 14.8. The molecule has 3 rings (SSSR count). The van der Waals surface area contributed by atoms with E-state index in [-0.39, 0.29) is 5.41 Å². The van der Waals surface area contributed by atoms with Gasteiger partial charge in [0.15, 0.2) is 0 Å². The van der Waals surface area contributed by atoms with Gasteiger partial charge in [0.2, 0.25) is 0 Å². The van der Waals surface area contributed by atoms with Gasteiger partial charge >= 0.3 is 0 Å². The topological polar surface area (TPSA) is 0 Å². The Labute approximate surface area is 134 Å². The second-order valence-electron chi connectivity index (χ2n) is 7.02. The SMILES string of the molecule is CC(C)=C/C=C(\C)c1ccc2c(c1)-c1ccccc1C2(C)C. The Morgan fingerprint density at radius 3 is 2.23 bits per heavy atom. The average Bonchev–Trinajstić information content (AvgIpc) is 2.73. The lowest BCUT2D eigenvalue weighted by molar-refractivity contribution is 0.660. The van der Waals surface area contributed by atoms with Gasteiger partial charge in [-0.15, -0.1) is 0 Å². The lowest BCUT2D eigenvalue weighted by Gasteiger charge is -2.21. The molecule has 1 aliphatic carbocycles. The van der Waals surface area contributed by atoms with E-state index < -0.39 is 0 Å². The monoisotopic (exact) mass is 288 g/mol. The number of allylic oxidation sites excluding steroid dienone is 4. The van der Waals surface area contributed by atoms with E-state index in [0.29, 0.717) is 0 Å². The Bertz CT molecular complexity index is 781. The highest BCUT2D eigenvalue weighted by atomic mass is 14.4. The summed E-state index contributed by atoms with van der Waals surface area (Å²) in [4.78, 5) is 0. The van der Waals surface area contributed by atoms with Crippen molar-refractivity contribution in [3.8, 4) is 11.1 Å². The lowest BCUT2D eigenvalue weighted by atomic mass is 9.82. The number of fused-ring (bicyclic) bond motifs is 3. The minimum Gasteiger partial charge on any atom is -0.0764 e. The highest BCUT2D eigenvalue weighted by molar-refractivity contribution is 5.83. The lowest BCUT2D eigenvalue weighted by Crippen LogP contribution is -2.14. The third kappa shape index (κ3) is 2.33. The largest absolute Gasteiger partial charge is 0.0764 e. The summed E-state index contributed by atoms with van der Waals surface area (Å²) in [7, 11) is 0. The molecule has 0 atom stereocenters. The predicted octanol–water partition coefficient (Wildman–Crippen LogP) is 6.36. The summed E-state index contributed by atoms with van der Waals surface area (Å²) >= 11 is 0. The van der Waals surface area contributed by atoms with E-state index in [1.807, 2.05) is 0 Å². The molecule has 0 saturated carbocycles. The van der Waals surface area contributed by atoms with Crippen LogP contribution in [0, 0.1) is 0 Å². The van der Waals surface area contributed by atoms with Crippen molar-refractivity contribution in [2.45, 2.75) is 40.0 Å². The first-order valence-electron chi connectivity index (χ1n) is 7.98. The van der Waals surface area contributed by atoms with E-state index in [4.69, 9.17) is 0 Å². The maximum atomic E-state index is 2.35. The molecule has 0 aliphatic heterocycles. The Kier molecular flexibility index (Phi) is 3.56. The van der Waals surface area contributed by atoms with Gasteiger partial charge in [-0.05, 0) is 60.2 Å². The van der Waals surface area contributed by atoms with Crippen LogP contribution < -0.4 is 0 Å². The van der Waals surface area contributed by atoms with Crippen LogP contribution in [0.25, 0.3) is 16.7 Å². The van der Waals surface area contributed by atoms with Crippen molar-refractivity contribution in [2.75, 3.05) is 0 Å². The molecule has 0 amide bonds. The van der Waals surface area contributed by atoms with Gasteiger partial charge in [-0.25, -0.2) is 0 Å². The summed E-state index contributed by atoms with van der Waals surface area (Å²) in [6, 6.07) is 15.7. The summed E-state index contributed by atoms with van der Waals surface area (Å²) in [5, 5.41) is 0.